The standard InChI is InChI=1S/C28H51N3O10S/c1-2-3-4-5-6-7-8-9-10-11-12-13-14-15-24(36)31(22(17-33)25(37)30-21(16-32)27(39)40)26(38)20(29)19-42-28(41)23(35)18-34/h20-23,32-35H,2-19,29H2,1H3,(H,30,37)(H,39,40). The summed E-state index contributed by atoms with van der Waals surface area (Å²) in [6.45, 7) is -0.640. The minimum absolute atomic E-state index is 0.141. The smallest absolute Gasteiger partial charge is 0.328 e. The number of hydrogen-bond donors (Lipinski definition) is 7. The van der Waals surface area contributed by atoms with E-state index in [2.05, 4.69) is 6.92 Å². The minimum atomic E-state index is -1.82. The van der Waals surface area contributed by atoms with Crippen molar-refractivity contribution in [1.29, 1.82) is 0 Å². The van der Waals surface area contributed by atoms with Gasteiger partial charge in [-0.05, 0) is 6.42 Å². The van der Waals surface area contributed by atoms with Crippen LogP contribution >= 0.6 is 11.8 Å². The number of unbranched alkanes of at least 4 members (excludes halogenated alkanes) is 12. The van der Waals surface area contributed by atoms with E-state index in [0.717, 1.165) is 25.7 Å². The molecule has 0 rings (SSSR count). The second-order valence-electron chi connectivity index (χ2n) is 10.3. The summed E-state index contributed by atoms with van der Waals surface area (Å²) in [7, 11) is 0. The first kappa shape index (κ1) is 39.9. The van der Waals surface area contributed by atoms with Gasteiger partial charge in [-0.2, -0.15) is 0 Å². The van der Waals surface area contributed by atoms with Gasteiger partial charge in [0.1, 0.15) is 18.2 Å². The zero-order chi connectivity index (χ0) is 31.9. The fraction of sp³-hybridized carbons (Fsp3) is 0.821. The Hall–Kier alpha value is -2.10. The summed E-state index contributed by atoms with van der Waals surface area (Å²) in [6, 6.07) is -5.06. The largest absolute Gasteiger partial charge is 0.480 e. The predicted molar refractivity (Wildman–Crippen MR) is 158 cm³/mol. The fourth-order valence-electron chi connectivity index (χ4n) is 4.19. The molecule has 0 aromatic rings. The summed E-state index contributed by atoms with van der Waals surface area (Å²) in [5.74, 6) is -5.04. The quantitative estimate of drug-likeness (QED) is 0.0699. The number of hydrogen-bond acceptors (Lipinski definition) is 11. The van der Waals surface area contributed by atoms with Gasteiger partial charge in [0.05, 0.1) is 25.9 Å². The molecule has 244 valence electrons. The van der Waals surface area contributed by atoms with E-state index in [9.17, 15) is 39.3 Å². The molecule has 8 N–H and O–H groups in total. The molecule has 4 atom stereocenters. The fourth-order valence-corrected chi connectivity index (χ4v) is 4.95. The first-order valence-electron chi connectivity index (χ1n) is 14.9. The maximum absolute atomic E-state index is 13.2. The molecule has 0 aliphatic rings. The topological polar surface area (TPSA) is 228 Å². The van der Waals surface area contributed by atoms with Crippen molar-refractivity contribution in [1.82, 2.24) is 10.2 Å². The third-order valence-electron chi connectivity index (χ3n) is 6.75. The average Bonchev–Trinajstić information content (AvgIpc) is 2.98. The Bertz CT molecular complexity index is 817. The highest BCUT2D eigenvalue weighted by molar-refractivity contribution is 8.13. The van der Waals surface area contributed by atoms with E-state index in [-0.39, 0.29) is 6.42 Å². The molecule has 0 heterocycles. The number of aliphatic hydroxyl groups excluding tert-OH is 4. The predicted octanol–water partition coefficient (Wildman–Crippen LogP) is 0.686. The molecular formula is C28H51N3O10S. The van der Waals surface area contributed by atoms with Crippen LogP contribution in [0.25, 0.3) is 0 Å². The number of aliphatic hydroxyl groups is 4. The van der Waals surface area contributed by atoms with E-state index >= 15 is 0 Å². The van der Waals surface area contributed by atoms with Crippen LogP contribution in [-0.4, -0.2) is 109 Å². The van der Waals surface area contributed by atoms with Crippen molar-refractivity contribution < 1.29 is 49.5 Å². The van der Waals surface area contributed by atoms with Crippen molar-refractivity contribution in [3.8, 4) is 0 Å². The normalized spacial score (nSPS) is 14.0. The molecule has 0 fully saturated rings. The second kappa shape index (κ2) is 24.4. The Balaban J connectivity index is 5.08. The first-order valence-corrected chi connectivity index (χ1v) is 15.9. The lowest BCUT2D eigenvalue weighted by atomic mass is 10.0. The molecule has 4 unspecified atom stereocenters. The molecule has 0 aliphatic carbocycles. The van der Waals surface area contributed by atoms with Gasteiger partial charge in [0.25, 0.3) is 0 Å². The maximum Gasteiger partial charge on any atom is 0.328 e. The maximum atomic E-state index is 13.2. The molecule has 0 saturated heterocycles. The highest BCUT2D eigenvalue weighted by Gasteiger charge is 2.38. The molecule has 13 nitrogen and oxygen atoms in total. The molecule has 42 heavy (non-hydrogen) atoms. The lowest BCUT2D eigenvalue weighted by Gasteiger charge is -2.30. The van der Waals surface area contributed by atoms with E-state index in [4.69, 9.17) is 15.9 Å². The summed E-state index contributed by atoms with van der Waals surface area (Å²) in [5.41, 5.74) is 5.88. The Morgan fingerprint density at radius 3 is 1.71 bits per heavy atom. The van der Waals surface area contributed by atoms with Crippen molar-refractivity contribution in [3.63, 3.8) is 0 Å². The molecule has 0 saturated carbocycles. The van der Waals surface area contributed by atoms with Crippen molar-refractivity contribution >= 4 is 40.6 Å². The van der Waals surface area contributed by atoms with Crippen molar-refractivity contribution in [2.75, 3.05) is 25.6 Å². The summed E-state index contributed by atoms with van der Waals surface area (Å²) < 4.78 is 0. The van der Waals surface area contributed by atoms with Gasteiger partial charge in [0.2, 0.25) is 22.8 Å². The van der Waals surface area contributed by atoms with Crippen LogP contribution in [0.2, 0.25) is 0 Å². The van der Waals surface area contributed by atoms with E-state index in [1.807, 2.05) is 5.32 Å². The summed E-state index contributed by atoms with van der Waals surface area (Å²) >= 11 is 0.452. The van der Waals surface area contributed by atoms with Gasteiger partial charge in [-0.3, -0.25) is 24.1 Å². The number of carbonyl (C=O) groups excluding carboxylic acids is 4. The van der Waals surface area contributed by atoms with Crippen molar-refractivity contribution in [2.24, 2.45) is 5.73 Å². The van der Waals surface area contributed by atoms with E-state index in [1.165, 1.54) is 44.9 Å². The lowest BCUT2D eigenvalue weighted by Crippen LogP contribution is -2.60. The Morgan fingerprint density at radius 2 is 1.29 bits per heavy atom. The number of thioether (sulfide) groups is 1. The molecule has 0 aromatic heterocycles. The number of amides is 3. The number of imide groups is 1. The molecule has 0 aromatic carbocycles. The number of nitrogens with two attached hydrogens (primary N) is 1. The Kier molecular flexibility index (Phi) is 23.1. The highest BCUT2D eigenvalue weighted by atomic mass is 32.2. The van der Waals surface area contributed by atoms with Crippen molar-refractivity contribution in [2.45, 2.75) is 121 Å². The molecule has 0 bridgehead atoms. The van der Waals surface area contributed by atoms with Gasteiger partial charge in [0.15, 0.2) is 0 Å². The van der Waals surface area contributed by atoms with Gasteiger partial charge < -0.3 is 36.6 Å². The minimum Gasteiger partial charge on any atom is -0.480 e. The van der Waals surface area contributed by atoms with E-state index in [1.54, 1.807) is 0 Å². The second-order valence-corrected chi connectivity index (χ2v) is 11.3. The number of nitrogens with zero attached hydrogens (tertiary/aromatic N) is 1. The monoisotopic (exact) mass is 621 g/mol. The molecule has 14 heteroatoms. The Morgan fingerprint density at radius 1 is 0.786 bits per heavy atom. The first-order chi connectivity index (χ1) is 20.0. The third kappa shape index (κ3) is 16.5. The molecule has 3 amide bonds. The SMILES string of the molecule is CCCCCCCCCCCCCCCC(=O)N(C(=O)C(N)CSC(=O)C(O)CO)C(CO)C(=O)NC(CO)C(=O)O. The van der Waals surface area contributed by atoms with Crippen molar-refractivity contribution in [3.05, 3.63) is 0 Å². The van der Waals surface area contributed by atoms with Crippen LogP contribution in [-0.2, 0) is 24.0 Å². The molecule has 0 spiro atoms. The van der Waals surface area contributed by atoms with Gasteiger partial charge >= 0.3 is 5.97 Å². The highest BCUT2D eigenvalue weighted by Crippen LogP contribution is 2.16. The van der Waals surface area contributed by atoms with Crippen LogP contribution in [0.15, 0.2) is 0 Å². The lowest BCUT2D eigenvalue weighted by molar-refractivity contribution is -0.155. The zero-order valence-electron chi connectivity index (χ0n) is 24.7. The summed E-state index contributed by atoms with van der Waals surface area (Å²) in [5, 5.41) is 47.7. The summed E-state index contributed by atoms with van der Waals surface area (Å²) in [4.78, 5) is 62.5. The van der Waals surface area contributed by atoms with Gasteiger partial charge in [-0.15, -0.1) is 0 Å². The van der Waals surface area contributed by atoms with Gasteiger partial charge in [-0.1, -0.05) is 95.7 Å². The van der Waals surface area contributed by atoms with Crippen LogP contribution in [0.4, 0.5) is 0 Å². The van der Waals surface area contributed by atoms with E-state index in [0.29, 0.717) is 29.5 Å². The molecular weight excluding hydrogens is 570 g/mol. The van der Waals surface area contributed by atoms with Crippen LogP contribution in [0.1, 0.15) is 96.8 Å². The number of carboxylic acids is 1. The van der Waals surface area contributed by atoms with Crippen LogP contribution < -0.4 is 11.1 Å². The third-order valence-corrected chi connectivity index (χ3v) is 7.83. The van der Waals surface area contributed by atoms with Gasteiger partial charge in [-0.25, -0.2) is 4.79 Å². The van der Waals surface area contributed by atoms with Crippen LogP contribution in [0.3, 0.4) is 0 Å². The molecule has 0 radical (unpaired) electrons. The number of nitrogens with one attached hydrogen (secondary N) is 1. The number of rotatable bonds is 25. The van der Waals surface area contributed by atoms with E-state index < -0.39 is 78.6 Å². The van der Waals surface area contributed by atoms with Crippen LogP contribution in [0, 0.1) is 0 Å². The van der Waals surface area contributed by atoms with Crippen LogP contribution in [0.5, 0.6) is 0 Å². The number of carbonyl (C=O) groups is 5. The zero-order valence-corrected chi connectivity index (χ0v) is 25.6. The van der Waals surface area contributed by atoms with Gasteiger partial charge in [0, 0.05) is 12.2 Å². The average molecular weight is 622 g/mol. The summed E-state index contributed by atoms with van der Waals surface area (Å²) in [6.07, 6.45) is 12.2. The number of aliphatic carboxylic acids is 1. The molecule has 0 aliphatic heterocycles. The number of carboxylic acid groups (broad SMARTS) is 1. The Labute approximate surface area is 252 Å².